The molecule has 3 heteroatoms. The maximum atomic E-state index is 13.1. The van der Waals surface area contributed by atoms with Gasteiger partial charge in [-0.05, 0) is 55.8 Å². The minimum Gasteiger partial charge on any atom is -0.314 e. The molecule has 2 rings (SSSR count). The van der Waals surface area contributed by atoms with Gasteiger partial charge < -0.3 is 5.32 Å². The lowest BCUT2D eigenvalue weighted by atomic mass is 9.92. The van der Waals surface area contributed by atoms with E-state index in [1.54, 1.807) is 0 Å². The predicted molar refractivity (Wildman–Crippen MR) is 74.1 cm³/mol. The zero-order chi connectivity index (χ0) is 13.7. The van der Waals surface area contributed by atoms with Crippen LogP contribution in [0.4, 0.5) is 8.78 Å². The van der Waals surface area contributed by atoms with Crippen molar-refractivity contribution in [1.29, 1.82) is 0 Å². The third-order valence-corrected chi connectivity index (χ3v) is 4.10. The van der Waals surface area contributed by atoms with Gasteiger partial charge in [0.25, 0.3) is 0 Å². The molecule has 0 bridgehead atoms. The molecule has 0 aromatic heterocycles. The highest BCUT2D eigenvalue weighted by atomic mass is 19.1. The van der Waals surface area contributed by atoms with E-state index in [9.17, 15) is 8.78 Å². The maximum Gasteiger partial charge on any atom is 0.126 e. The summed E-state index contributed by atoms with van der Waals surface area (Å²) in [6.07, 6.45) is 6.91. The van der Waals surface area contributed by atoms with Crippen molar-refractivity contribution in [2.75, 3.05) is 6.54 Å². The van der Waals surface area contributed by atoms with Crippen LogP contribution in [0.3, 0.4) is 0 Å². The number of benzene rings is 1. The molecule has 0 radical (unpaired) electrons. The molecule has 1 N–H and O–H groups in total. The van der Waals surface area contributed by atoms with E-state index in [2.05, 4.69) is 12.2 Å². The minimum atomic E-state index is -0.476. The quantitative estimate of drug-likeness (QED) is 0.819. The van der Waals surface area contributed by atoms with Crippen LogP contribution in [0.2, 0.25) is 0 Å². The van der Waals surface area contributed by atoms with Crippen LogP contribution in [0.15, 0.2) is 18.2 Å². The number of nitrogens with one attached hydrogen (secondary N) is 1. The summed E-state index contributed by atoms with van der Waals surface area (Å²) in [5.41, 5.74) is 0.762. The Morgan fingerprint density at radius 3 is 2.37 bits per heavy atom. The third-order valence-electron chi connectivity index (χ3n) is 4.10. The fourth-order valence-electron chi connectivity index (χ4n) is 3.20. The van der Waals surface area contributed by atoms with Crippen molar-refractivity contribution in [3.05, 3.63) is 35.4 Å². The van der Waals surface area contributed by atoms with E-state index in [-0.39, 0.29) is 0 Å². The summed E-state index contributed by atoms with van der Waals surface area (Å²) in [4.78, 5) is 0. The molecule has 1 nitrogen and oxygen atoms in total. The Morgan fingerprint density at radius 2 is 1.79 bits per heavy atom. The molecule has 1 unspecified atom stereocenters. The van der Waals surface area contributed by atoms with Gasteiger partial charge >= 0.3 is 0 Å². The molecule has 0 spiro atoms. The molecular formula is C16H23F2N. The molecule has 1 aliphatic carbocycles. The Hall–Kier alpha value is -0.960. The molecule has 1 aliphatic rings. The van der Waals surface area contributed by atoms with Gasteiger partial charge in [0.15, 0.2) is 0 Å². The lowest BCUT2D eigenvalue weighted by molar-refractivity contribution is 0.346. The summed E-state index contributed by atoms with van der Waals surface area (Å²) in [5.74, 6) is -0.218. The van der Waals surface area contributed by atoms with Gasteiger partial charge in [-0.25, -0.2) is 8.78 Å². The van der Waals surface area contributed by atoms with Crippen molar-refractivity contribution in [3.63, 3.8) is 0 Å². The standard InChI is InChI=1S/C16H23F2N/c1-2-19-16(13-5-3-4-6-13)8-7-12-9-14(17)11-15(18)10-12/h9-11,13,16,19H,2-8H2,1H3. The molecular weight excluding hydrogens is 244 g/mol. The van der Waals surface area contributed by atoms with Crippen molar-refractivity contribution in [1.82, 2.24) is 5.32 Å². The Kier molecular flexibility index (Phi) is 5.32. The third kappa shape index (κ3) is 4.27. The van der Waals surface area contributed by atoms with Crippen molar-refractivity contribution in [2.45, 2.75) is 51.5 Å². The van der Waals surface area contributed by atoms with Crippen molar-refractivity contribution in [2.24, 2.45) is 5.92 Å². The Balaban J connectivity index is 1.93. The maximum absolute atomic E-state index is 13.1. The highest BCUT2D eigenvalue weighted by Crippen LogP contribution is 2.29. The zero-order valence-corrected chi connectivity index (χ0v) is 11.6. The van der Waals surface area contributed by atoms with Crippen LogP contribution in [0.5, 0.6) is 0 Å². The molecule has 106 valence electrons. The van der Waals surface area contributed by atoms with Gasteiger partial charge in [0, 0.05) is 12.1 Å². The average Bonchev–Trinajstić information content (AvgIpc) is 2.87. The van der Waals surface area contributed by atoms with Gasteiger partial charge in [0.05, 0.1) is 0 Å². The number of halogens is 2. The lowest BCUT2D eigenvalue weighted by Crippen LogP contribution is -2.35. The topological polar surface area (TPSA) is 12.0 Å². The van der Waals surface area contributed by atoms with Crippen LogP contribution in [0.25, 0.3) is 0 Å². The Bertz CT molecular complexity index is 379. The van der Waals surface area contributed by atoms with Crippen LogP contribution >= 0.6 is 0 Å². The normalized spacial score (nSPS) is 17.8. The van der Waals surface area contributed by atoms with Crippen molar-refractivity contribution < 1.29 is 8.78 Å². The summed E-state index contributed by atoms with van der Waals surface area (Å²) in [7, 11) is 0. The molecule has 1 saturated carbocycles. The SMILES string of the molecule is CCNC(CCc1cc(F)cc(F)c1)C1CCCC1. The summed E-state index contributed by atoms with van der Waals surface area (Å²) in [6, 6.07) is 4.31. The van der Waals surface area contributed by atoms with Crippen LogP contribution in [0.1, 0.15) is 44.6 Å². The van der Waals surface area contributed by atoms with E-state index in [1.807, 2.05) is 0 Å². The Morgan fingerprint density at radius 1 is 1.16 bits per heavy atom. The molecule has 0 saturated heterocycles. The second-order valence-corrected chi connectivity index (χ2v) is 5.53. The van der Waals surface area contributed by atoms with Gasteiger partial charge in [-0.3, -0.25) is 0 Å². The van der Waals surface area contributed by atoms with Gasteiger partial charge in [0.1, 0.15) is 11.6 Å². The first-order valence-corrected chi connectivity index (χ1v) is 7.37. The number of hydrogen-bond acceptors (Lipinski definition) is 1. The van der Waals surface area contributed by atoms with Gasteiger partial charge in [-0.1, -0.05) is 19.8 Å². The fraction of sp³-hybridized carbons (Fsp3) is 0.625. The second kappa shape index (κ2) is 6.99. The first-order valence-electron chi connectivity index (χ1n) is 7.37. The van der Waals surface area contributed by atoms with E-state index < -0.39 is 11.6 Å². The van der Waals surface area contributed by atoms with E-state index in [1.165, 1.54) is 37.8 Å². The zero-order valence-electron chi connectivity index (χ0n) is 11.6. The van der Waals surface area contributed by atoms with E-state index in [0.29, 0.717) is 6.04 Å². The highest BCUT2D eigenvalue weighted by Gasteiger charge is 2.23. The van der Waals surface area contributed by atoms with E-state index in [4.69, 9.17) is 0 Å². The van der Waals surface area contributed by atoms with Crippen molar-refractivity contribution in [3.8, 4) is 0 Å². The fourth-order valence-corrected chi connectivity index (χ4v) is 3.20. The molecule has 1 aromatic rings. The van der Waals surface area contributed by atoms with Crippen LogP contribution in [-0.2, 0) is 6.42 Å². The highest BCUT2D eigenvalue weighted by molar-refractivity contribution is 5.18. The largest absolute Gasteiger partial charge is 0.314 e. The molecule has 0 heterocycles. The molecule has 1 atom stereocenters. The summed E-state index contributed by atoms with van der Waals surface area (Å²) in [6.45, 7) is 3.07. The Labute approximate surface area is 114 Å². The second-order valence-electron chi connectivity index (χ2n) is 5.53. The summed E-state index contributed by atoms with van der Waals surface area (Å²) in [5, 5.41) is 3.54. The molecule has 1 fully saturated rings. The van der Waals surface area contributed by atoms with E-state index >= 15 is 0 Å². The average molecular weight is 267 g/mol. The van der Waals surface area contributed by atoms with Crippen LogP contribution < -0.4 is 5.32 Å². The monoisotopic (exact) mass is 267 g/mol. The van der Waals surface area contributed by atoms with Gasteiger partial charge in [-0.15, -0.1) is 0 Å². The minimum absolute atomic E-state index is 0.476. The summed E-state index contributed by atoms with van der Waals surface area (Å²) < 4.78 is 26.3. The number of hydrogen-bond donors (Lipinski definition) is 1. The van der Waals surface area contributed by atoms with Crippen LogP contribution in [-0.4, -0.2) is 12.6 Å². The first kappa shape index (κ1) is 14.4. The molecule has 0 aliphatic heterocycles. The summed E-state index contributed by atoms with van der Waals surface area (Å²) >= 11 is 0. The smallest absolute Gasteiger partial charge is 0.126 e. The number of rotatable bonds is 6. The predicted octanol–water partition coefficient (Wildman–Crippen LogP) is 4.07. The lowest BCUT2D eigenvalue weighted by Gasteiger charge is -2.24. The number of aryl methyl sites for hydroxylation is 1. The van der Waals surface area contributed by atoms with E-state index in [0.717, 1.165) is 36.9 Å². The molecule has 19 heavy (non-hydrogen) atoms. The van der Waals surface area contributed by atoms with Gasteiger partial charge in [-0.2, -0.15) is 0 Å². The van der Waals surface area contributed by atoms with Gasteiger partial charge in [0.2, 0.25) is 0 Å². The van der Waals surface area contributed by atoms with Crippen molar-refractivity contribution >= 4 is 0 Å². The first-order chi connectivity index (χ1) is 9.19. The molecule has 0 amide bonds. The van der Waals surface area contributed by atoms with Crippen LogP contribution in [0, 0.1) is 17.6 Å². The molecule has 1 aromatic carbocycles.